The maximum atomic E-state index is 11.4. The van der Waals surface area contributed by atoms with Crippen molar-refractivity contribution < 1.29 is 5.11 Å². The molecule has 0 aromatic carbocycles. The molecule has 1 aromatic rings. The van der Waals surface area contributed by atoms with E-state index in [4.69, 9.17) is 10.8 Å². The van der Waals surface area contributed by atoms with Gasteiger partial charge in [-0.25, -0.2) is 4.98 Å². The summed E-state index contributed by atoms with van der Waals surface area (Å²) in [7, 11) is 0. The van der Waals surface area contributed by atoms with Crippen LogP contribution < -0.4 is 16.2 Å². The Hall–Kier alpha value is -1.60. The molecule has 0 spiro atoms. The van der Waals surface area contributed by atoms with E-state index in [-0.39, 0.29) is 17.9 Å². The number of nitrogens with zero attached hydrogens (tertiary/aromatic N) is 3. The minimum Gasteiger partial charge on any atom is -0.395 e. The number of rotatable bonds is 3. The molecule has 0 radical (unpaired) electrons. The van der Waals surface area contributed by atoms with E-state index in [1.54, 1.807) is 0 Å². The van der Waals surface area contributed by atoms with Gasteiger partial charge in [0.1, 0.15) is 5.69 Å². The Balaban J connectivity index is 2.05. The summed E-state index contributed by atoms with van der Waals surface area (Å²) in [5.74, 6) is 0.553. The van der Waals surface area contributed by atoms with Gasteiger partial charge in [-0.05, 0) is 0 Å². The molecular weight excluding hydrogens is 222 g/mol. The Kier molecular flexibility index (Phi) is 3.60. The number of β-amino-alcohol motifs (C(OH)–C–C–N with tert-alkyl or cyclic N) is 1. The zero-order valence-electron chi connectivity index (χ0n) is 9.59. The summed E-state index contributed by atoms with van der Waals surface area (Å²) in [6.45, 7) is 4.07. The molecule has 0 bridgehead atoms. The number of nitrogens with two attached hydrogens (primary N) is 1. The van der Waals surface area contributed by atoms with E-state index in [1.807, 2.05) is 4.90 Å². The van der Waals surface area contributed by atoms with Gasteiger partial charge in [-0.1, -0.05) is 0 Å². The van der Waals surface area contributed by atoms with Crippen LogP contribution in [0.4, 0.5) is 11.5 Å². The highest BCUT2D eigenvalue weighted by Gasteiger charge is 2.19. The van der Waals surface area contributed by atoms with E-state index in [2.05, 4.69) is 14.9 Å². The molecule has 4 N–H and O–H groups in total. The second-order valence-corrected chi connectivity index (χ2v) is 4.02. The lowest BCUT2D eigenvalue weighted by atomic mass is 10.3. The van der Waals surface area contributed by atoms with Crippen LogP contribution in [0, 0.1) is 0 Å². The summed E-state index contributed by atoms with van der Waals surface area (Å²) in [5, 5.41) is 8.85. The number of hydrogen-bond donors (Lipinski definition) is 3. The third kappa shape index (κ3) is 2.56. The van der Waals surface area contributed by atoms with E-state index in [0.717, 1.165) is 26.2 Å². The first-order valence-corrected chi connectivity index (χ1v) is 5.63. The number of anilines is 2. The normalized spacial score (nSPS) is 17.4. The van der Waals surface area contributed by atoms with Crippen LogP contribution in [-0.4, -0.2) is 59.3 Å². The van der Waals surface area contributed by atoms with Crippen molar-refractivity contribution in [3.63, 3.8) is 0 Å². The predicted octanol–water partition coefficient (Wildman–Crippen LogP) is -1.53. The van der Waals surface area contributed by atoms with Gasteiger partial charge in [-0.3, -0.25) is 9.69 Å². The van der Waals surface area contributed by atoms with E-state index >= 15 is 0 Å². The van der Waals surface area contributed by atoms with Crippen LogP contribution in [0.1, 0.15) is 0 Å². The van der Waals surface area contributed by atoms with Crippen LogP contribution in [0.2, 0.25) is 0 Å². The van der Waals surface area contributed by atoms with Crippen LogP contribution in [-0.2, 0) is 0 Å². The standard InChI is InChI=1S/C10H17N5O2/c11-8-9(12-7-13-10(8)17)15-3-1-14(2-4-15)5-6-16/h7,16H,1-6,11H2,(H,12,13,17). The fourth-order valence-electron chi connectivity index (χ4n) is 1.98. The van der Waals surface area contributed by atoms with Gasteiger partial charge < -0.3 is 20.7 Å². The molecule has 17 heavy (non-hydrogen) atoms. The first-order chi connectivity index (χ1) is 8.22. The molecule has 0 aliphatic carbocycles. The van der Waals surface area contributed by atoms with E-state index < -0.39 is 0 Å². The summed E-state index contributed by atoms with van der Waals surface area (Å²) in [5.41, 5.74) is 5.58. The molecule has 1 aromatic heterocycles. The molecule has 7 heteroatoms. The molecule has 1 aliphatic heterocycles. The second-order valence-electron chi connectivity index (χ2n) is 4.02. The molecular formula is C10H17N5O2. The number of piperazine rings is 1. The average molecular weight is 239 g/mol. The Labute approximate surface area is 98.9 Å². The molecule has 1 aliphatic rings. The molecule has 2 rings (SSSR count). The fourth-order valence-corrected chi connectivity index (χ4v) is 1.98. The monoisotopic (exact) mass is 239 g/mol. The number of hydrogen-bond acceptors (Lipinski definition) is 6. The van der Waals surface area contributed by atoms with Crippen LogP contribution >= 0.6 is 0 Å². The number of aromatic amines is 1. The topological polar surface area (TPSA) is 98.5 Å². The maximum absolute atomic E-state index is 11.4. The van der Waals surface area contributed by atoms with Crippen LogP contribution in [0.25, 0.3) is 0 Å². The third-order valence-electron chi connectivity index (χ3n) is 2.96. The smallest absolute Gasteiger partial charge is 0.276 e. The SMILES string of the molecule is Nc1c(N2CCN(CCO)CC2)nc[nH]c1=O. The van der Waals surface area contributed by atoms with Gasteiger partial charge in [-0.2, -0.15) is 0 Å². The number of nitrogens with one attached hydrogen (secondary N) is 1. The Bertz CT molecular complexity index is 425. The lowest BCUT2D eigenvalue weighted by molar-refractivity contribution is 0.188. The molecule has 0 atom stereocenters. The Morgan fingerprint density at radius 3 is 2.76 bits per heavy atom. The van der Waals surface area contributed by atoms with Crippen LogP contribution in [0.5, 0.6) is 0 Å². The van der Waals surface area contributed by atoms with E-state index in [9.17, 15) is 4.79 Å². The van der Waals surface area contributed by atoms with Gasteiger partial charge in [0.15, 0.2) is 5.82 Å². The van der Waals surface area contributed by atoms with Gasteiger partial charge in [0, 0.05) is 32.7 Å². The van der Waals surface area contributed by atoms with Gasteiger partial charge in [0.05, 0.1) is 12.9 Å². The van der Waals surface area contributed by atoms with Crippen LogP contribution in [0.3, 0.4) is 0 Å². The lowest BCUT2D eigenvalue weighted by Gasteiger charge is -2.35. The third-order valence-corrected chi connectivity index (χ3v) is 2.96. The van der Waals surface area contributed by atoms with Crippen molar-refractivity contribution in [1.29, 1.82) is 0 Å². The maximum Gasteiger partial charge on any atom is 0.276 e. The van der Waals surface area contributed by atoms with E-state index in [0.29, 0.717) is 12.4 Å². The molecule has 0 saturated carbocycles. The first kappa shape index (κ1) is 11.9. The minimum absolute atomic E-state index is 0.170. The van der Waals surface area contributed by atoms with Gasteiger partial charge >= 0.3 is 0 Å². The van der Waals surface area contributed by atoms with Crippen LogP contribution in [0.15, 0.2) is 11.1 Å². The quantitative estimate of drug-likeness (QED) is 0.591. The number of H-pyrrole nitrogens is 1. The Morgan fingerprint density at radius 2 is 2.12 bits per heavy atom. The molecule has 0 unspecified atom stereocenters. The molecule has 2 heterocycles. The average Bonchev–Trinajstić information content (AvgIpc) is 2.34. The summed E-state index contributed by atoms with van der Waals surface area (Å²) < 4.78 is 0. The first-order valence-electron chi connectivity index (χ1n) is 5.63. The van der Waals surface area contributed by atoms with E-state index in [1.165, 1.54) is 6.33 Å². The van der Waals surface area contributed by atoms with Crippen molar-refractivity contribution in [2.75, 3.05) is 50.0 Å². The number of aromatic nitrogens is 2. The van der Waals surface area contributed by atoms with Crippen molar-refractivity contribution >= 4 is 11.5 Å². The van der Waals surface area contributed by atoms with Crippen molar-refractivity contribution in [1.82, 2.24) is 14.9 Å². The lowest BCUT2D eigenvalue weighted by Crippen LogP contribution is -2.48. The highest BCUT2D eigenvalue weighted by atomic mass is 16.3. The van der Waals surface area contributed by atoms with Gasteiger partial charge in [-0.15, -0.1) is 0 Å². The highest BCUT2D eigenvalue weighted by Crippen LogP contribution is 2.16. The summed E-state index contributed by atoms with van der Waals surface area (Å²) in [6, 6.07) is 0. The Morgan fingerprint density at radius 1 is 1.41 bits per heavy atom. The highest BCUT2D eigenvalue weighted by molar-refractivity contribution is 5.61. The molecule has 94 valence electrons. The minimum atomic E-state index is -0.298. The molecule has 1 saturated heterocycles. The summed E-state index contributed by atoms with van der Waals surface area (Å²) >= 11 is 0. The summed E-state index contributed by atoms with van der Waals surface area (Å²) in [6.07, 6.45) is 1.37. The number of aliphatic hydroxyl groups excluding tert-OH is 1. The fraction of sp³-hybridized carbons (Fsp3) is 0.600. The van der Waals surface area contributed by atoms with Crippen molar-refractivity contribution in [3.8, 4) is 0 Å². The molecule has 0 amide bonds. The number of aliphatic hydroxyl groups is 1. The molecule has 7 nitrogen and oxygen atoms in total. The molecule has 1 fully saturated rings. The van der Waals surface area contributed by atoms with Crippen molar-refractivity contribution in [2.45, 2.75) is 0 Å². The van der Waals surface area contributed by atoms with Gasteiger partial charge in [0.2, 0.25) is 0 Å². The summed E-state index contributed by atoms with van der Waals surface area (Å²) in [4.78, 5) is 22.1. The zero-order valence-corrected chi connectivity index (χ0v) is 9.59. The second kappa shape index (κ2) is 5.15. The van der Waals surface area contributed by atoms with Crippen molar-refractivity contribution in [2.24, 2.45) is 0 Å². The van der Waals surface area contributed by atoms with Gasteiger partial charge in [0.25, 0.3) is 5.56 Å². The van der Waals surface area contributed by atoms with Crippen molar-refractivity contribution in [3.05, 3.63) is 16.7 Å². The zero-order chi connectivity index (χ0) is 12.3. The predicted molar refractivity (Wildman–Crippen MR) is 65.0 cm³/mol. The largest absolute Gasteiger partial charge is 0.395 e. The number of nitrogen functional groups attached to an aromatic ring is 1.